The molecule has 8 heteroatoms. The fourth-order valence-corrected chi connectivity index (χ4v) is 4.14. The zero-order chi connectivity index (χ0) is 19.3. The van der Waals surface area contributed by atoms with Crippen LogP contribution in [-0.4, -0.2) is 29.5 Å². The van der Waals surface area contributed by atoms with Crippen molar-refractivity contribution in [1.82, 2.24) is 29.5 Å². The molecule has 0 saturated carbocycles. The number of aromatic amines is 1. The predicted octanol–water partition coefficient (Wildman–Crippen LogP) is 3.68. The molecule has 3 heterocycles. The van der Waals surface area contributed by atoms with Gasteiger partial charge in [0.15, 0.2) is 10.8 Å². The Morgan fingerprint density at radius 2 is 1.64 bits per heavy atom. The van der Waals surface area contributed by atoms with E-state index in [1.165, 1.54) is 11.8 Å². The summed E-state index contributed by atoms with van der Waals surface area (Å²) in [6.07, 6.45) is 0. The molecule has 0 saturated heterocycles. The van der Waals surface area contributed by atoms with Crippen molar-refractivity contribution < 1.29 is 0 Å². The Morgan fingerprint density at radius 3 is 2.43 bits per heavy atom. The number of para-hydroxylation sites is 2. The van der Waals surface area contributed by atoms with Crippen molar-refractivity contribution in [2.75, 3.05) is 0 Å². The number of H-pyrrole nitrogens is 1. The summed E-state index contributed by atoms with van der Waals surface area (Å²) in [6.45, 7) is 3.85. The lowest BCUT2D eigenvalue weighted by Gasteiger charge is -2.12. The Bertz CT molecular complexity index is 1410. The van der Waals surface area contributed by atoms with Crippen molar-refractivity contribution in [3.05, 3.63) is 70.5 Å². The van der Waals surface area contributed by atoms with Crippen molar-refractivity contribution in [2.45, 2.75) is 24.3 Å². The molecular formula is C20H16N6OS. The van der Waals surface area contributed by atoms with Gasteiger partial charge < -0.3 is 4.98 Å². The minimum absolute atomic E-state index is 0.126. The third-order valence-electron chi connectivity index (χ3n) is 4.55. The monoisotopic (exact) mass is 388 g/mol. The number of rotatable bonds is 3. The van der Waals surface area contributed by atoms with Crippen LogP contribution in [0.5, 0.6) is 0 Å². The predicted molar refractivity (Wildman–Crippen MR) is 110 cm³/mol. The van der Waals surface area contributed by atoms with Crippen LogP contribution >= 0.6 is 11.8 Å². The molecule has 2 aromatic carbocycles. The summed E-state index contributed by atoms with van der Waals surface area (Å²) in [7, 11) is 0. The van der Waals surface area contributed by atoms with Crippen LogP contribution in [0.15, 0.2) is 58.5 Å². The molecule has 0 fully saturated rings. The maximum Gasteiger partial charge on any atom is 0.258 e. The van der Waals surface area contributed by atoms with Crippen LogP contribution in [-0.2, 0) is 0 Å². The molecule has 1 unspecified atom stereocenters. The molecule has 0 amide bonds. The maximum absolute atomic E-state index is 12.4. The Morgan fingerprint density at radius 1 is 0.964 bits per heavy atom. The molecule has 0 spiro atoms. The lowest BCUT2D eigenvalue weighted by atomic mass is 10.2. The molecule has 0 aliphatic heterocycles. The van der Waals surface area contributed by atoms with E-state index >= 15 is 0 Å². The van der Waals surface area contributed by atoms with Crippen LogP contribution in [0.1, 0.15) is 23.8 Å². The molecule has 3 aromatic heterocycles. The number of nitrogens with one attached hydrogen (secondary N) is 1. The van der Waals surface area contributed by atoms with Gasteiger partial charge in [0, 0.05) is 5.39 Å². The van der Waals surface area contributed by atoms with Gasteiger partial charge in [-0.2, -0.15) is 4.52 Å². The molecule has 0 aliphatic carbocycles. The van der Waals surface area contributed by atoms with Crippen molar-refractivity contribution in [3.8, 4) is 0 Å². The van der Waals surface area contributed by atoms with Crippen LogP contribution < -0.4 is 5.56 Å². The second-order valence-electron chi connectivity index (χ2n) is 6.53. The van der Waals surface area contributed by atoms with Gasteiger partial charge in [-0.1, -0.05) is 36.0 Å². The lowest BCUT2D eigenvalue weighted by molar-refractivity contribution is 0.790. The molecule has 7 nitrogen and oxygen atoms in total. The summed E-state index contributed by atoms with van der Waals surface area (Å²) in [6, 6.07) is 15.2. The van der Waals surface area contributed by atoms with E-state index in [-0.39, 0.29) is 10.8 Å². The topological polar surface area (TPSA) is 88.8 Å². The minimum atomic E-state index is -0.138. The van der Waals surface area contributed by atoms with E-state index in [2.05, 4.69) is 20.1 Å². The largest absolute Gasteiger partial charge is 0.309 e. The summed E-state index contributed by atoms with van der Waals surface area (Å²) in [4.78, 5) is 29.3. The first-order chi connectivity index (χ1) is 13.6. The first kappa shape index (κ1) is 16.9. The Labute approximate surface area is 163 Å². The Balaban J connectivity index is 1.62. The Hall–Kier alpha value is -3.26. The van der Waals surface area contributed by atoms with Gasteiger partial charge in [-0.05, 0) is 38.1 Å². The molecule has 28 heavy (non-hydrogen) atoms. The highest BCUT2D eigenvalue weighted by molar-refractivity contribution is 7.99. The van der Waals surface area contributed by atoms with Crippen LogP contribution in [0.2, 0.25) is 0 Å². The van der Waals surface area contributed by atoms with E-state index in [0.29, 0.717) is 27.7 Å². The SMILES string of the molecule is Cc1nc2c3ccccc3nc(SC(C)c3nc4ccccc4c(=O)[nH]3)n2n1. The average Bonchev–Trinajstić information content (AvgIpc) is 3.10. The second kappa shape index (κ2) is 6.42. The van der Waals surface area contributed by atoms with Crippen LogP contribution in [0.4, 0.5) is 0 Å². The zero-order valence-electron chi connectivity index (χ0n) is 15.2. The van der Waals surface area contributed by atoms with Crippen molar-refractivity contribution in [3.63, 3.8) is 0 Å². The quantitative estimate of drug-likeness (QED) is 0.375. The number of aryl methyl sites for hydroxylation is 1. The van der Waals surface area contributed by atoms with Gasteiger partial charge in [-0.3, -0.25) is 4.79 Å². The summed E-state index contributed by atoms with van der Waals surface area (Å²) in [5.74, 6) is 1.29. The molecule has 1 atom stereocenters. The smallest absolute Gasteiger partial charge is 0.258 e. The normalized spacial score (nSPS) is 12.8. The number of hydrogen-bond donors (Lipinski definition) is 1. The van der Waals surface area contributed by atoms with E-state index in [9.17, 15) is 4.79 Å². The average molecular weight is 388 g/mol. The third-order valence-corrected chi connectivity index (χ3v) is 5.61. The second-order valence-corrected chi connectivity index (χ2v) is 7.84. The lowest BCUT2D eigenvalue weighted by Crippen LogP contribution is -2.13. The summed E-state index contributed by atoms with van der Waals surface area (Å²) < 4.78 is 1.76. The van der Waals surface area contributed by atoms with E-state index in [0.717, 1.165) is 16.6 Å². The van der Waals surface area contributed by atoms with Gasteiger partial charge in [0.05, 0.1) is 21.7 Å². The van der Waals surface area contributed by atoms with Gasteiger partial charge in [0.2, 0.25) is 0 Å². The summed E-state index contributed by atoms with van der Waals surface area (Å²) in [5, 5.41) is 6.63. The standard InChI is InChI=1S/C20H16N6OS/c1-11(17-22-16-10-6-4-8-14(16)19(27)24-17)28-20-23-15-9-5-3-7-13(15)18-21-12(2)25-26(18)20/h3-11H,1-2H3,(H,22,24,27). The molecule has 0 radical (unpaired) electrons. The van der Waals surface area contributed by atoms with Gasteiger partial charge in [-0.15, -0.1) is 5.10 Å². The number of hydrogen-bond acceptors (Lipinski definition) is 6. The fraction of sp³-hybridized carbons (Fsp3) is 0.150. The number of aromatic nitrogens is 6. The van der Waals surface area contributed by atoms with E-state index in [4.69, 9.17) is 4.98 Å². The van der Waals surface area contributed by atoms with Crippen LogP contribution in [0.3, 0.4) is 0 Å². The molecular weight excluding hydrogens is 372 g/mol. The highest BCUT2D eigenvalue weighted by Crippen LogP contribution is 2.33. The fourth-order valence-electron chi connectivity index (χ4n) is 3.22. The molecule has 5 rings (SSSR count). The molecule has 1 N–H and O–H groups in total. The molecule has 0 aliphatic rings. The van der Waals surface area contributed by atoms with E-state index in [1.54, 1.807) is 10.6 Å². The third kappa shape index (κ3) is 2.73. The van der Waals surface area contributed by atoms with Crippen molar-refractivity contribution in [2.24, 2.45) is 0 Å². The van der Waals surface area contributed by atoms with Gasteiger partial charge in [-0.25, -0.2) is 15.0 Å². The first-order valence-electron chi connectivity index (χ1n) is 8.88. The van der Waals surface area contributed by atoms with Crippen LogP contribution in [0.25, 0.3) is 27.5 Å². The minimum Gasteiger partial charge on any atom is -0.309 e. The van der Waals surface area contributed by atoms with Gasteiger partial charge in [0.1, 0.15) is 11.6 Å². The Kier molecular flexibility index (Phi) is 3.87. The highest BCUT2D eigenvalue weighted by atomic mass is 32.2. The van der Waals surface area contributed by atoms with E-state index < -0.39 is 0 Å². The number of nitrogens with zero attached hydrogens (tertiary/aromatic N) is 5. The molecule has 138 valence electrons. The van der Waals surface area contributed by atoms with Gasteiger partial charge >= 0.3 is 0 Å². The van der Waals surface area contributed by atoms with E-state index in [1.807, 2.05) is 56.3 Å². The summed E-state index contributed by atoms with van der Waals surface area (Å²) >= 11 is 1.49. The first-order valence-corrected chi connectivity index (χ1v) is 9.76. The molecule has 0 bridgehead atoms. The zero-order valence-corrected chi connectivity index (χ0v) is 16.1. The number of benzene rings is 2. The number of thioether (sulfide) groups is 1. The maximum atomic E-state index is 12.4. The van der Waals surface area contributed by atoms with Gasteiger partial charge in [0.25, 0.3) is 5.56 Å². The van der Waals surface area contributed by atoms with Crippen LogP contribution in [0, 0.1) is 6.92 Å². The highest BCUT2D eigenvalue weighted by Gasteiger charge is 2.18. The van der Waals surface area contributed by atoms with Crippen molar-refractivity contribution in [1.29, 1.82) is 0 Å². The summed E-state index contributed by atoms with van der Waals surface area (Å²) in [5.41, 5.74) is 2.18. The van der Waals surface area contributed by atoms with Crippen molar-refractivity contribution >= 4 is 39.2 Å². The number of fused-ring (bicyclic) bond motifs is 4. The molecule has 5 aromatic rings.